The van der Waals surface area contributed by atoms with E-state index in [1.807, 2.05) is 19.3 Å². The third kappa shape index (κ3) is 2.51. The molecule has 1 aromatic rings. The number of nitrogens with one attached hydrogen (secondary N) is 1. The molecule has 1 N–H and O–H groups in total. The molecule has 0 unspecified atom stereocenters. The monoisotopic (exact) mass is 166 g/mol. The van der Waals surface area contributed by atoms with Crippen molar-refractivity contribution < 1.29 is 0 Å². The van der Waals surface area contributed by atoms with Gasteiger partial charge < -0.3 is 9.88 Å². The fraction of sp³-hybridized carbons (Fsp3) is 0.444. The highest BCUT2D eigenvalue weighted by molar-refractivity contribution is 4.92. The minimum absolute atomic E-state index is 0.0774. The van der Waals surface area contributed by atoms with E-state index in [2.05, 4.69) is 5.32 Å². The molecule has 0 aliphatic carbocycles. The number of hydrogen-bond donors (Lipinski definition) is 1. The minimum Gasteiger partial charge on any atom is -0.320 e. The van der Waals surface area contributed by atoms with E-state index in [0.717, 1.165) is 19.5 Å². The summed E-state index contributed by atoms with van der Waals surface area (Å²) in [5, 5.41) is 3.04. The summed E-state index contributed by atoms with van der Waals surface area (Å²) in [5.74, 6) is 0. The van der Waals surface area contributed by atoms with Gasteiger partial charge in [0.05, 0.1) is 0 Å². The van der Waals surface area contributed by atoms with Gasteiger partial charge >= 0.3 is 0 Å². The molecule has 0 amide bonds. The molecular weight excluding hydrogens is 152 g/mol. The van der Waals surface area contributed by atoms with Gasteiger partial charge in [-0.3, -0.25) is 4.79 Å². The van der Waals surface area contributed by atoms with Gasteiger partial charge in [0.15, 0.2) is 0 Å². The standard InChI is InChI=1S/C9H14N2O/c1-10-6-4-8-11-7-3-2-5-9(11)12/h2-3,5,7,10H,4,6,8H2,1H3. The Labute approximate surface area is 72.0 Å². The lowest BCUT2D eigenvalue weighted by Crippen LogP contribution is -2.20. The van der Waals surface area contributed by atoms with Crippen LogP contribution in [0.5, 0.6) is 0 Å². The summed E-state index contributed by atoms with van der Waals surface area (Å²) in [7, 11) is 1.91. The first-order chi connectivity index (χ1) is 5.84. The smallest absolute Gasteiger partial charge is 0.250 e. The second-order valence-electron chi connectivity index (χ2n) is 2.69. The average molecular weight is 166 g/mol. The first kappa shape index (κ1) is 9.00. The van der Waals surface area contributed by atoms with Gasteiger partial charge in [-0.25, -0.2) is 0 Å². The minimum atomic E-state index is 0.0774. The van der Waals surface area contributed by atoms with E-state index >= 15 is 0 Å². The number of hydrogen-bond acceptors (Lipinski definition) is 2. The zero-order valence-corrected chi connectivity index (χ0v) is 7.29. The Hall–Kier alpha value is -1.09. The molecule has 0 bridgehead atoms. The lowest BCUT2D eigenvalue weighted by Gasteiger charge is -2.03. The van der Waals surface area contributed by atoms with E-state index in [4.69, 9.17) is 0 Å². The first-order valence-electron chi connectivity index (χ1n) is 4.14. The quantitative estimate of drug-likeness (QED) is 0.659. The second kappa shape index (κ2) is 4.72. The van der Waals surface area contributed by atoms with Crippen molar-refractivity contribution >= 4 is 0 Å². The summed E-state index contributed by atoms with van der Waals surface area (Å²) in [4.78, 5) is 11.2. The van der Waals surface area contributed by atoms with Crippen molar-refractivity contribution in [3.8, 4) is 0 Å². The maximum atomic E-state index is 11.2. The normalized spacial score (nSPS) is 10.1. The van der Waals surface area contributed by atoms with Gasteiger partial charge in [-0.1, -0.05) is 6.07 Å². The fourth-order valence-corrected chi connectivity index (χ4v) is 1.07. The lowest BCUT2D eigenvalue weighted by atomic mass is 10.4. The molecule has 1 heterocycles. The van der Waals surface area contributed by atoms with Crippen LogP contribution in [0, 0.1) is 0 Å². The van der Waals surface area contributed by atoms with Crippen LogP contribution in [-0.4, -0.2) is 18.2 Å². The topological polar surface area (TPSA) is 34.0 Å². The van der Waals surface area contributed by atoms with E-state index in [0.29, 0.717) is 0 Å². The molecule has 1 rings (SSSR count). The molecule has 0 fully saturated rings. The van der Waals surface area contributed by atoms with Crippen LogP contribution in [-0.2, 0) is 6.54 Å². The fourth-order valence-electron chi connectivity index (χ4n) is 1.07. The van der Waals surface area contributed by atoms with Crippen LogP contribution >= 0.6 is 0 Å². The van der Waals surface area contributed by atoms with E-state index < -0.39 is 0 Å². The Morgan fingerprint density at radius 1 is 1.50 bits per heavy atom. The third-order valence-corrected chi connectivity index (χ3v) is 1.72. The average Bonchev–Trinajstić information content (AvgIpc) is 2.09. The Kier molecular flexibility index (Phi) is 3.54. The molecule has 0 aliphatic rings. The van der Waals surface area contributed by atoms with Crippen molar-refractivity contribution in [2.45, 2.75) is 13.0 Å². The van der Waals surface area contributed by atoms with Crippen LogP contribution in [0.2, 0.25) is 0 Å². The maximum Gasteiger partial charge on any atom is 0.250 e. The van der Waals surface area contributed by atoms with E-state index in [1.54, 1.807) is 16.7 Å². The number of aromatic nitrogens is 1. The third-order valence-electron chi connectivity index (χ3n) is 1.72. The second-order valence-corrected chi connectivity index (χ2v) is 2.69. The van der Waals surface area contributed by atoms with Crippen molar-refractivity contribution in [2.24, 2.45) is 0 Å². The SMILES string of the molecule is CNCCCn1ccccc1=O. The van der Waals surface area contributed by atoms with E-state index in [1.165, 1.54) is 0 Å². The molecule has 66 valence electrons. The maximum absolute atomic E-state index is 11.2. The number of rotatable bonds is 4. The number of nitrogens with zero attached hydrogens (tertiary/aromatic N) is 1. The van der Waals surface area contributed by atoms with Crippen LogP contribution < -0.4 is 10.9 Å². The highest BCUT2D eigenvalue weighted by atomic mass is 16.1. The predicted molar refractivity (Wildman–Crippen MR) is 49.2 cm³/mol. The van der Waals surface area contributed by atoms with Gasteiger partial charge in [-0.05, 0) is 26.1 Å². The molecule has 0 aliphatic heterocycles. The molecular formula is C9H14N2O. The predicted octanol–water partition coefficient (Wildman–Crippen LogP) is 0.458. The van der Waals surface area contributed by atoms with Crippen molar-refractivity contribution in [1.29, 1.82) is 0 Å². The van der Waals surface area contributed by atoms with Crippen LogP contribution in [0.3, 0.4) is 0 Å². The largest absolute Gasteiger partial charge is 0.320 e. The number of pyridine rings is 1. The van der Waals surface area contributed by atoms with Crippen LogP contribution in [0.15, 0.2) is 29.2 Å². The van der Waals surface area contributed by atoms with E-state index in [9.17, 15) is 4.79 Å². The highest BCUT2D eigenvalue weighted by Gasteiger charge is 1.91. The van der Waals surface area contributed by atoms with Gasteiger partial charge in [0.1, 0.15) is 0 Å². The molecule has 0 aromatic carbocycles. The van der Waals surface area contributed by atoms with Crippen LogP contribution in [0.1, 0.15) is 6.42 Å². The van der Waals surface area contributed by atoms with Crippen LogP contribution in [0.4, 0.5) is 0 Å². The van der Waals surface area contributed by atoms with Crippen molar-refractivity contribution in [3.63, 3.8) is 0 Å². The van der Waals surface area contributed by atoms with Gasteiger partial charge in [0.2, 0.25) is 5.56 Å². The summed E-state index contributed by atoms with van der Waals surface area (Å²) >= 11 is 0. The Bertz CT molecular complexity index is 280. The molecule has 0 spiro atoms. The summed E-state index contributed by atoms with van der Waals surface area (Å²) in [6, 6.07) is 5.22. The Morgan fingerprint density at radius 3 is 3.00 bits per heavy atom. The molecule has 12 heavy (non-hydrogen) atoms. The van der Waals surface area contributed by atoms with Gasteiger partial charge in [0, 0.05) is 18.8 Å². The molecule has 0 saturated carbocycles. The Balaban J connectivity index is 2.52. The zero-order valence-electron chi connectivity index (χ0n) is 7.29. The molecule has 0 atom stereocenters. The first-order valence-corrected chi connectivity index (χ1v) is 4.14. The van der Waals surface area contributed by atoms with Crippen molar-refractivity contribution in [2.75, 3.05) is 13.6 Å². The lowest BCUT2D eigenvalue weighted by molar-refractivity contribution is 0.598. The van der Waals surface area contributed by atoms with Crippen molar-refractivity contribution in [1.82, 2.24) is 9.88 Å². The summed E-state index contributed by atoms with van der Waals surface area (Å²) < 4.78 is 1.72. The van der Waals surface area contributed by atoms with Gasteiger partial charge in [0.25, 0.3) is 0 Å². The summed E-state index contributed by atoms with van der Waals surface area (Å²) in [5.41, 5.74) is 0.0774. The Morgan fingerprint density at radius 2 is 2.33 bits per heavy atom. The zero-order chi connectivity index (χ0) is 8.81. The molecule has 3 nitrogen and oxygen atoms in total. The molecule has 1 aromatic heterocycles. The highest BCUT2D eigenvalue weighted by Crippen LogP contribution is 1.85. The summed E-state index contributed by atoms with van der Waals surface area (Å²) in [6.07, 6.45) is 2.80. The molecule has 3 heteroatoms. The molecule has 0 radical (unpaired) electrons. The molecule has 0 saturated heterocycles. The summed E-state index contributed by atoms with van der Waals surface area (Å²) in [6.45, 7) is 1.74. The van der Waals surface area contributed by atoms with E-state index in [-0.39, 0.29) is 5.56 Å². The van der Waals surface area contributed by atoms with Crippen molar-refractivity contribution in [3.05, 3.63) is 34.7 Å². The van der Waals surface area contributed by atoms with Gasteiger partial charge in [-0.15, -0.1) is 0 Å². The number of aryl methyl sites for hydroxylation is 1. The van der Waals surface area contributed by atoms with Gasteiger partial charge in [-0.2, -0.15) is 0 Å². The van der Waals surface area contributed by atoms with Crippen LogP contribution in [0.25, 0.3) is 0 Å².